The molecule has 0 aliphatic carbocycles. The van der Waals surface area contributed by atoms with E-state index in [1.165, 1.54) is 6.20 Å². The zero-order chi connectivity index (χ0) is 7.84. The standard InChI is InChI=1S/C6H6N4O/c7-4-1-5(11)9-6-3(4)2-8-10-6/h2,7H,1H2,(H2,8,9,10,11). The third-order valence-corrected chi connectivity index (χ3v) is 1.57. The van der Waals surface area contributed by atoms with Crippen molar-refractivity contribution in [3.63, 3.8) is 0 Å². The van der Waals surface area contributed by atoms with Gasteiger partial charge < -0.3 is 10.7 Å². The molecule has 1 aliphatic heterocycles. The molecule has 0 fully saturated rings. The second kappa shape index (κ2) is 1.91. The van der Waals surface area contributed by atoms with Crippen LogP contribution in [0.25, 0.3) is 0 Å². The minimum atomic E-state index is -0.160. The van der Waals surface area contributed by atoms with Crippen LogP contribution in [0.3, 0.4) is 0 Å². The minimum absolute atomic E-state index is 0.145. The average molecular weight is 150 g/mol. The summed E-state index contributed by atoms with van der Waals surface area (Å²) in [6, 6.07) is 0. The molecule has 2 rings (SSSR count). The van der Waals surface area contributed by atoms with Gasteiger partial charge in [0.15, 0.2) is 0 Å². The van der Waals surface area contributed by atoms with Crippen LogP contribution >= 0.6 is 0 Å². The largest absolute Gasteiger partial charge is 0.310 e. The Bertz CT molecular complexity index is 327. The Hall–Kier alpha value is -1.65. The molecule has 0 atom stereocenters. The Kier molecular flexibility index (Phi) is 1.06. The lowest BCUT2D eigenvalue weighted by atomic mass is 10.1. The van der Waals surface area contributed by atoms with Gasteiger partial charge in [0, 0.05) is 0 Å². The van der Waals surface area contributed by atoms with Gasteiger partial charge in [-0.15, -0.1) is 0 Å². The van der Waals surface area contributed by atoms with Crippen LogP contribution in [0, 0.1) is 5.41 Å². The first-order chi connectivity index (χ1) is 5.27. The molecule has 5 nitrogen and oxygen atoms in total. The molecule has 1 aromatic heterocycles. The molecule has 1 aromatic rings. The van der Waals surface area contributed by atoms with Gasteiger partial charge in [-0.1, -0.05) is 0 Å². The number of carbonyl (C=O) groups excluding carboxylic acids is 1. The Balaban J connectivity index is 2.52. The molecule has 56 valence electrons. The molecule has 0 aromatic carbocycles. The maximum Gasteiger partial charge on any atom is 0.231 e. The average Bonchev–Trinajstić information content (AvgIpc) is 2.34. The maximum atomic E-state index is 10.8. The van der Waals surface area contributed by atoms with Crippen LogP contribution in [0.15, 0.2) is 6.20 Å². The van der Waals surface area contributed by atoms with Gasteiger partial charge in [0.25, 0.3) is 0 Å². The first kappa shape index (κ1) is 6.09. The molecule has 0 spiro atoms. The highest BCUT2D eigenvalue weighted by atomic mass is 16.1. The second-order valence-corrected chi connectivity index (χ2v) is 2.36. The molecule has 0 saturated carbocycles. The lowest BCUT2D eigenvalue weighted by Gasteiger charge is -2.11. The van der Waals surface area contributed by atoms with E-state index in [-0.39, 0.29) is 12.3 Å². The number of H-pyrrole nitrogens is 1. The fourth-order valence-electron chi connectivity index (χ4n) is 1.05. The van der Waals surface area contributed by atoms with Crippen molar-refractivity contribution in [3.05, 3.63) is 11.8 Å². The molecule has 0 bridgehead atoms. The zero-order valence-electron chi connectivity index (χ0n) is 5.64. The summed E-state index contributed by atoms with van der Waals surface area (Å²) in [4.78, 5) is 10.8. The van der Waals surface area contributed by atoms with Gasteiger partial charge in [-0.2, -0.15) is 5.10 Å². The summed E-state index contributed by atoms with van der Waals surface area (Å²) >= 11 is 0. The van der Waals surface area contributed by atoms with Crippen LogP contribution in [0.5, 0.6) is 0 Å². The zero-order valence-corrected chi connectivity index (χ0v) is 5.64. The van der Waals surface area contributed by atoms with Crippen molar-refractivity contribution < 1.29 is 4.79 Å². The van der Waals surface area contributed by atoms with Crippen molar-refractivity contribution in [2.75, 3.05) is 5.32 Å². The Morgan fingerprint density at radius 2 is 2.45 bits per heavy atom. The molecule has 1 aliphatic rings. The quantitative estimate of drug-likeness (QED) is 0.491. The lowest BCUT2D eigenvalue weighted by Crippen LogP contribution is -2.23. The normalized spacial score (nSPS) is 16.0. The van der Waals surface area contributed by atoms with Crippen LogP contribution in [0.4, 0.5) is 5.82 Å². The topological polar surface area (TPSA) is 81.6 Å². The Morgan fingerprint density at radius 3 is 3.27 bits per heavy atom. The van der Waals surface area contributed by atoms with E-state index < -0.39 is 0 Å². The summed E-state index contributed by atoms with van der Waals surface area (Å²) in [5.74, 6) is 0.373. The number of fused-ring (bicyclic) bond motifs is 1. The maximum absolute atomic E-state index is 10.8. The van der Waals surface area contributed by atoms with E-state index in [1.807, 2.05) is 0 Å². The highest BCUT2D eigenvalue weighted by molar-refractivity contribution is 6.18. The van der Waals surface area contributed by atoms with E-state index >= 15 is 0 Å². The van der Waals surface area contributed by atoms with Gasteiger partial charge in [-0.25, -0.2) is 0 Å². The lowest BCUT2D eigenvalue weighted by molar-refractivity contribution is -0.115. The van der Waals surface area contributed by atoms with Crippen LogP contribution in [0.1, 0.15) is 12.0 Å². The fraction of sp³-hybridized carbons (Fsp3) is 0.167. The van der Waals surface area contributed by atoms with Gasteiger partial charge >= 0.3 is 0 Å². The summed E-state index contributed by atoms with van der Waals surface area (Å²) in [6.45, 7) is 0. The smallest absolute Gasteiger partial charge is 0.231 e. The van der Waals surface area contributed by atoms with E-state index in [9.17, 15) is 4.79 Å². The van der Waals surface area contributed by atoms with E-state index in [1.54, 1.807) is 0 Å². The summed E-state index contributed by atoms with van der Waals surface area (Å²) < 4.78 is 0. The van der Waals surface area contributed by atoms with Crippen molar-refractivity contribution in [1.29, 1.82) is 5.41 Å². The number of amides is 1. The number of rotatable bonds is 0. The molecule has 3 N–H and O–H groups in total. The highest BCUT2D eigenvalue weighted by Crippen LogP contribution is 2.17. The number of hydrogen-bond acceptors (Lipinski definition) is 3. The number of nitrogens with one attached hydrogen (secondary N) is 3. The predicted molar refractivity (Wildman–Crippen MR) is 38.7 cm³/mol. The third-order valence-electron chi connectivity index (χ3n) is 1.57. The predicted octanol–water partition coefficient (Wildman–Crippen LogP) is 0.120. The molecule has 5 heteroatoms. The molecule has 2 heterocycles. The second-order valence-electron chi connectivity index (χ2n) is 2.36. The summed E-state index contributed by atoms with van der Waals surface area (Å²) in [5, 5.41) is 16.3. The Labute approximate surface area is 62.3 Å². The molecular formula is C6H6N4O. The first-order valence-electron chi connectivity index (χ1n) is 3.18. The highest BCUT2D eigenvalue weighted by Gasteiger charge is 2.20. The molecule has 0 unspecified atom stereocenters. The van der Waals surface area contributed by atoms with E-state index in [4.69, 9.17) is 5.41 Å². The van der Waals surface area contributed by atoms with Crippen LogP contribution in [-0.4, -0.2) is 21.8 Å². The van der Waals surface area contributed by atoms with Crippen molar-refractivity contribution >= 4 is 17.4 Å². The SMILES string of the molecule is N=C1CC(=O)Nc2[nH]ncc21. The molecule has 1 amide bonds. The number of nitrogens with zero attached hydrogens (tertiary/aromatic N) is 1. The summed E-state index contributed by atoms with van der Waals surface area (Å²) in [6.07, 6.45) is 1.68. The third kappa shape index (κ3) is 0.813. The van der Waals surface area contributed by atoms with Crippen molar-refractivity contribution in [2.24, 2.45) is 0 Å². The van der Waals surface area contributed by atoms with E-state index in [2.05, 4.69) is 15.5 Å². The monoisotopic (exact) mass is 150 g/mol. The number of anilines is 1. The van der Waals surface area contributed by atoms with Crippen molar-refractivity contribution in [2.45, 2.75) is 6.42 Å². The van der Waals surface area contributed by atoms with Crippen molar-refractivity contribution in [3.8, 4) is 0 Å². The van der Waals surface area contributed by atoms with Gasteiger partial charge in [0.2, 0.25) is 5.91 Å². The molecule has 0 saturated heterocycles. The molecule has 0 radical (unpaired) electrons. The molecule has 11 heavy (non-hydrogen) atoms. The number of carbonyl (C=O) groups is 1. The van der Waals surface area contributed by atoms with Gasteiger partial charge in [0.05, 0.1) is 23.9 Å². The number of aromatic nitrogens is 2. The van der Waals surface area contributed by atoms with Gasteiger partial charge in [-0.05, 0) is 0 Å². The summed E-state index contributed by atoms with van der Waals surface area (Å²) in [5.41, 5.74) is 1.00. The molecular weight excluding hydrogens is 144 g/mol. The fourth-order valence-corrected chi connectivity index (χ4v) is 1.05. The van der Waals surface area contributed by atoms with E-state index in [0.717, 1.165) is 0 Å². The first-order valence-corrected chi connectivity index (χ1v) is 3.18. The van der Waals surface area contributed by atoms with Crippen LogP contribution in [-0.2, 0) is 4.79 Å². The van der Waals surface area contributed by atoms with Gasteiger partial charge in [0.1, 0.15) is 5.82 Å². The number of aromatic amines is 1. The Morgan fingerprint density at radius 1 is 1.64 bits per heavy atom. The minimum Gasteiger partial charge on any atom is -0.310 e. The van der Waals surface area contributed by atoms with E-state index in [0.29, 0.717) is 17.1 Å². The number of hydrogen-bond donors (Lipinski definition) is 3. The van der Waals surface area contributed by atoms with Crippen LogP contribution < -0.4 is 5.32 Å². The van der Waals surface area contributed by atoms with Crippen molar-refractivity contribution in [1.82, 2.24) is 10.2 Å². The summed E-state index contributed by atoms with van der Waals surface area (Å²) in [7, 11) is 0. The van der Waals surface area contributed by atoms with Crippen LogP contribution in [0.2, 0.25) is 0 Å². The van der Waals surface area contributed by atoms with Gasteiger partial charge in [-0.3, -0.25) is 9.89 Å².